The quantitative estimate of drug-likeness (QED) is 0.0636. The highest BCUT2D eigenvalue weighted by molar-refractivity contribution is 7.91. The molecule has 8 heterocycles. The average molecular weight is 1030 g/mol. The molecule has 0 radical (unpaired) electrons. The third-order valence-electron chi connectivity index (χ3n) is 13.3. The van der Waals surface area contributed by atoms with Crippen molar-refractivity contribution in [3.05, 3.63) is 83.1 Å². The SMILES string of the molecule is Cc1nc2c(Nc3ccc([C@H]4CC(C5CC5C(=O)Nc5cc(Nc6ccc(C7COCCO7)cc6S(C)(=O)=O)c6nc(C(F)F)[nH]c6n5)CCO4)cc3S(C)(=O)=O)cc(Nc3cc4n(n3)CCOC4)nc2[nH]1. The Bertz CT molecular complexity index is 3470. The number of sulfone groups is 2. The Morgan fingerprint density at radius 2 is 1.39 bits per heavy atom. The zero-order chi connectivity index (χ0) is 50.1. The molecule has 21 nitrogen and oxygen atoms in total. The van der Waals surface area contributed by atoms with Crippen molar-refractivity contribution in [2.45, 2.75) is 67.8 Å². The van der Waals surface area contributed by atoms with Crippen LogP contribution >= 0.6 is 0 Å². The maximum atomic E-state index is 13.9. The largest absolute Gasteiger partial charge is 0.376 e. The van der Waals surface area contributed by atoms with Crippen LogP contribution in [0.5, 0.6) is 0 Å². The van der Waals surface area contributed by atoms with Gasteiger partial charge < -0.3 is 50.2 Å². The number of amides is 1. The second-order valence-corrected chi connectivity index (χ2v) is 22.5. The molecule has 11 rings (SSSR count). The smallest absolute Gasteiger partial charge is 0.295 e. The number of nitrogens with one attached hydrogen (secondary N) is 6. The van der Waals surface area contributed by atoms with Gasteiger partial charge in [-0.15, -0.1) is 0 Å². The van der Waals surface area contributed by atoms with E-state index in [9.17, 15) is 30.4 Å². The number of rotatable bonds is 14. The number of carbonyl (C=O) groups is 1. The summed E-state index contributed by atoms with van der Waals surface area (Å²) >= 11 is 0. The molecule has 72 heavy (non-hydrogen) atoms. The highest BCUT2D eigenvalue weighted by Gasteiger charge is 2.49. The minimum absolute atomic E-state index is 0.0146. The van der Waals surface area contributed by atoms with Crippen LogP contribution in [-0.4, -0.2) is 108 Å². The number of alkyl halides is 2. The molecule has 1 amide bonds. The third-order valence-corrected chi connectivity index (χ3v) is 15.6. The molecule has 5 aromatic heterocycles. The number of aromatic nitrogens is 8. The Kier molecular flexibility index (Phi) is 12.4. The predicted molar refractivity (Wildman–Crippen MR) is 259 cm³/mol. The number of benzene rings is 2. The fourth-order valence-electron chi connectivity index (χ4n) is 9.79. The molecule has 2 aromatic carbocycles. The first-order chi connectivity index (χ1) is 34.5. The number of aromatic amines is 2. The molecule has 4 unspecified atom stereocenters. The summed E-state index contributed by atoms with van der Waals surface area (Å²) in [5, 5.41) is 17.1. The molecule has 378 valence electrons. The van der Waals surface area contributed by atoms with E-state index in [1.165, 1.54) is 12.1 Å². The lowest BCUT2D eigenvalue weighted by molar-refractivity contribution is -0.118. The van der Waals surface area contributed by atoms with Crippen molar-refractivity contribution in [3.8, 4) is 0 Å². The first kappa shape index (κ1) is 47.7. The standard InChI is InChI=1S/C47H50F2N12O9S2/c1-23-50-41-32(19-38(55-44(41)51-23)54-40-17-27-21-67-11-9-61(27)60-40)52-30-6-4-25(15-36(30)71(2,63)64)34-14-24(8-10-69-34)28-18-29(28)47(62)57-39-20-33(42-45(56-39)59-46(58-42)43(48)49)53-31-7-5-26(16-37(31)72(3,65)66)35-22-68-12-13-70-35/h4-7,15-17,19-20,24,28-29,34-35,43H,8-14,18,21-22H2,1-3H3,(H3,50,51,52,54,55,60)(H3,53,56,57,58,59,62)/t24?,28?,29?,34-,35?/m1/s1. The van der Waals surface area contributed by atoms with Crippen LogP contribution in [0, 0.1) is 24.7 Å². The molecular weight excluding hydrogens is 979 g/mol. The molecule has 3 aliphatic heterocycles. The van der Waals surface area contributed by atoms with Gasteiger partial charge in [-0.2, -0.15) is 5.10 Å². The summed E-state index contributed by atoms with van der Waals surface area (Å²) in [6, 6.07) is 15.0. The van der Waals surface area contributed by atoms with Crippen molar-refractivity contribution in [1.29, 1.82) is 0 Å². The number of fused-ring (bicyclic) bond motifs is 3. The average Bonchev–Trinajstić information content (AvgIpc) is 3.62. The van der Waals surface area contributed by atoms with Gasteiger partial charge in [-0.05, 0) is 73.4 Å². The van der Waals surface area contributed by atoms with Crippen LogP contribution in [-0.2, 0) is 56.6 Å². The maximum absolute atomic E-state index is 13.9. The van der Waals surface area contributed by atoms with Crippen molar-refractivity contribution in [3.63, 3.8) is 0 Å². The number of hydrogen-bond donors (Lipinski definition) is 6. The molecule has 0 spiro atoms. The Hall–Kier alpha value is -6.64. The van der Waals surface area contributed by atoms with Gasteiger partial charge in [-0.25, -0.2) is 45.6 Å². The van der Waals surface area contributed by atoms with Crippen LogP contribution in [0.15, 0.2) is 64.4 Å². The van der Waals surface area contributed by atoms with Gasteiger partial charge in [-0.3, -0.25) is 9.48 Å². The predicted octanol–water partition coefficient (Wildman–Crippen LogP) is 7.07. The van der Waals surface area contributed by atoms with Crippen LogP contribution in [0.2, 0.25) is 0 Å². The van der Waals surface area contributed by atoms with E-state index in [0.717, 1.165) is 18.2 Å². The minimum Gasteiger partial charge on any atom is -0.376 e. The van der Waals surface area contributed by atoms with E-state index in [0.29, 0.717) is 110 Å². The molecule has 4 aliphatic rings. The molecule has 1 saturated carbocycles. The van der Waals surface area contributed by atoms with E-state index < -0.39 is 50.1 Å². The Labute approximate surface area is 411 Å². The van der Waals surface area contributed by atoms with Gasteiger partial charge in [0.25, 0.3) is 6.43 Å². The highest BCUT2D eigenvalue weighted by atomic mass is 32.2. The number of carbonyl (C=O) groups excluding carboxylic acids is 1. The van der Waals surface area contributed by atoms with Gasteiger partial charge in [0.2, 0.25) is 5.91 Å². The lowest BCUT2D eigenvalue weighted by Crippen LogP contribution is -2.24. The van der Waals surface area contributed by atoms with Crippen molar-refractivity contribution in [2.75, 3.05) is 66.8 Å². The van der Waals surface area contributed by atoms with E-state index >= 15 is 0 Å². The number of halogens is 2. The number of ether oxygens (including phenoxy) is 4. The third kappa shape index (κ3) is 9.83. The lowest BCUT2D eigenvalue weighted by atomic mass is 9.87. The summed E-state index contributed by atoms with van der Waals surface area (Å²) in [5.41, 5.74) is 4.30. The number of H-pyrrole nitrogens is 2. The molecule has 7 aromatic rings. The van der Waals surface area contributed by atoms with Crippen LogP contribution < -0.4 is 21.3 Å². The van der Waals surface area contributed by atoms with E-state index in [2.05, 4.69) is 51.3 Å². The van der Waals surface area contributed by atoms with Crippen LogP contribution in [0.3, 0.4) is 0 Å². The number of anilines is 7. The number of aryl methyl sites for hydroxylation is 1. The fourth-order valence-corrected chi connectivity index (χ4v) is 11.5. The van der Waals surface area contributed by atoms with Gasteiger partial charge in [0, 0.05) is 43.2 Å². The zero-order valence-corrected chi connectivity index (χ0v) is 40.8. The zero-order valence-electron chi connectivity index (χ0n) is 39.2. The molecule has 6 N–H and O–H groups in total. The number of nitrogens with zero attached hydrogens (tertiary/aromatic N) is 6. The van der Waals surface area contributed by atoms with Gasteiger partial charge in [0.05, 0.1) is 83.9 Å². The number of hydrogen-bond acceptors (Lipinski definition) is 17. The monoisotopic (exact) mass is 1030 g/mol. The van der Waals surface area contributed by atoms with E-state index in [-0.39, 0.29) is 62.5 Å². The first-order valence-electron chi connectivity index (χ1n) is 23.3. The van der Waals surface area contributed by atoms with Gasteiger partial charge in [0.1, 0.15) is 34.6 Å². The van der Waals surface area contributed by atoms with E-state index in [1.807, 2.05) is 16.8 Å². The molecule has 25 heteroatoms. The number of imidazole rings is 2. The van der Waals surface area contributed by atoms with Gasteiger partial charge in [0.15, 0.2) is 42.6 Å². The van der Waals surface area contributed by atoms with E-state index in [4.69, 9.17) is 23.9 Å². The molecule has 0 bridgehead atoms. The summed E-state index contributed by atoms with van der Waals surface area (Å²) in [7, 11) is -7.62. The second-order valence-electron chi connectivity index (χ2n) is 18.6. The van der Waals surface area contributed by atoms with Crippen molar-refractivity contribution in [1.82, 2.24) is 39.7 Å². The van der Waals surface area contributed by atoms with Crippen LogP contribution in [0.1, 0.15) is 66.4 Å². The van der Waals surface area contributed by atoms with Crippen LogP contribution in [0.25, 0.3) is 22.3 Å². The normalized spacial score (nSPS) is 21.4. The van der Waals surface area contributed by atoms with Crippen molar-refractivity contribution in [2.24, 2.45) is 17.8 Å². The van der Waals surface area contributed by atoms with Crippen molar-refractivity contribution < 1.29 is 49.4 Å². The van der Waals surface area contributed by atoms with Gasteiger partial charge >= 0.3 is 0 Å². The van der Waals surface area contributed by atoms with E-state index in [1.54, 1.807) is 37.3 Å². The Morgan fingerprint density at radius 1 is 0.722 bits per heavy atom. The summed E-state index contributed by atoms with van der Waals surface area (Å²) in [4.78, 5) is 37.4. The fraction of sp³-hybridized carbons (Fsp3) is 0.404. The summed E-state index contributed by atoms with van der Waals surface area (Å²) in [6.07, 6.45) is 0.104. The summed E-state index contributed by atoms with van der Waals surface area (Å²) in [6.45, 7) is 4.89. The topological polar surface area (TPSA) is 271 Å². The summed E-state index contributed by atoms with van der Waals surface area (Å²) < 4.78 is 106. The minimum atomic E-state index is -3.83. The maximum Gasteiger partial charge on any atom is 0.295 e. The van der Waals surface area contributed by atoms with Crippen LogP contribution in [0.4, 0.5) is 49.0 Å². The lowest BCUT2D eigenvalue weighted by Gasteiger charge is -2.30. The molecular formula is C47H50F2N12O9S2. The van der Waals surface area contributed by atoms with Gasteiger partial charge in [-0.1, -0.05) is 12.1 Å². The Balaban J connectivity index is 0.798. The highest BCUT2D eigenvalue weighted by Crippen LogP contribution is 2.51. The van der Waals surface area contributed by atoms with Crippen molar-refractivity contribution >= 4 is 88.1 Å². The second kappa shape index (κ2) is 18.8. The summed E-state index contributed by atoms with van der Waals surface area (Å²) in [5.74, 6) is 0.374. The Morgan fingerprint density at radius 3 is 2.07 bits per heavy atom. The first-order valence-corrected chi connectivity index (χ1v) is 27.1. The molecule has 1 aliphatic carbocycles. The molecule has 3 fully saturated rings. The number of pyridine rings is 2. The molecule has 2 saturated heterocycles. The molecule has 5 atom stereocenters.